The minimum atomic E-state index is -4.42. The van der Waals surface area contributed by atoms with Crippen LogP contribution in [0.15, 0.2) is 0 Å². The van der Waals surface area contributed by atoms with E-state index in [1.54, 1.807) is 13.8 Å². The lowest BCUT2D eigenvalue weighted by Crippen LogP contribution is -2.22. The molecule has 0 spiro atoms. The van der Waals surface area contributed by atoms with Crippen molar-refractivity contribution < 1.29 is 28.3 Å². The number of rotatable bonds is 16. The van der Waals surface area contributed by atoms with Crippen LogP contribution in [0.4, 0.5) is 0 Å². The summed E-state index contributed by atoms with van der Waals surface area (Å²) in [6, 6.07) is 0. The molecule has 0 aliphatic rings. The average Bonchev–Trinajstić information content (AvgIpc) is 2.40. The summed E-state index contributed by atoms with van der Waals surface area (Å²) < 4.78 is 26.7. The molecule has 0 aromatic rings. The molecule has 0 fully saturated rings. The lowest BCUT2D eigenvalue weighted by molar-refractivity contribution is 0.0505. The Hall–Kier alpha value is 0.0300. The zero-order valence-electron chi connectivity index (χ0n) is 15.8. The van der Waals surface area contributed by atoms with Gasteiger partial charge < -0.3 is 19.3 Å². The van der Waals surface area contributed by atoms with Crippen LogP contribution >= 0.6 is 7.82 Å². The Balaban J connectivity index is 3.32. The number of phosphoric ester groups is 1. The first-order valence-electron chi connectivity index (χ1n) is 9.04. The Morgan fingerprint density at radius 2 is 1.38 bits per heavy atom. The van der Waals surface area contributed by atoms with Crippen LogP contribution in [0.2, 0.25) is 0 Å². The van der Waals surface area contributed by atoms with Crippen LogP contribution in [0.1, 0.15) is 72.6 Å². The number of unbranched alkanes of at least 4 members (excludes halogenated alkanes) is 2. The molecule has 0 saturated heterocycles. The molecule has 6 nitrogen and oxygen atoms in total. The van der Waals surface area contributed by atoms with Gasteiger partial charge in [0, 0.05) is 26.4 Å². The third kappa shape index (κ3) is 18.4. The lowest BCUT2D eigenvalue weighted by atomic mass is 10.0. The van der Waals surface area contributed by atoms with Crippen molar-refractivity contribution in [3.63, 3.8) is 0 Å². The molecule has 0 heterocycles. The molecular weight excluding hydrogens is 331 g/mol. The second-order valence-electron chi connectivity index (χ2n) is 7.27. The van der Waals surface area contributed by atoms with E-state index in [1.165, 1.54) is 12.8 Å². The smallest absolute Gasteiger partial charge is 0.381 e. The maximum atomic E-state index is 10.8. The first-order valence-corrected chi connectivity index (χ1v) is 10.6. The van der Waals surface area contributed by atoms with Crippen LogP contribution < -0.4 is 0 Å². The van der Waals surface area contributed by atoms with Gasteiger partial charge in [0.2, 0.25) is 0 Å². The minimum Gasteiger partial charge on any atom is -0.381 e. The normalized spacial score (nSPS) is 13.0. The first-order chi connectivity index (χ1) is 11.1. The fraction of sp³-hybridized carbons (Fsp3) is 1.00. The van der Waals surface area contributed by atoms with Gasteiger partial charge in [0.05, 0.1) is 5.60 Å². The van der Waals surface area contributed by atoms with E-state index in [1.807, 2.05) is 0 Å². The van der Waals surface area contributed by atoms with Crippen molar-refractivity contribution >= 4 is 7.82 Å². The summed E-state index contributed by atoms with van der Waals surface area (Å²) >= 11 is 0. The quantitative estimate of drug-likeness (QED) is 0.312. The summed E-state index contributed by atoms with van der Waals surface area (Å²) in [5.74, 6) is 0.771. The predicted octanol–water partition coefficient (Wildman–Crippen LogP) is 4.29. The van der Waals surface area contributed by atoms with Gasteiger partial charge in [-0.3, -0.25) is 4.52 Å². The van der Waals surface area contributed by atoms with Crippen LogP contribution in [0.25, 0.3) is 0 Å². The maximum absolute atomic E-state index is 10.8. The molecular formula is C17H37O6P. The number of phosphoric acid groups is 1. The van der Waals surface area contributed by atoms with Gasteiger partial charge in [0.25, 0.3) is 0 Å². The van der Waals surface area contributed by atoms with Crippen LogP contribution in [-0.2, 0) is 18.6 Å². The highest BCUT2D eigenvalue weighted by atomic mass is 31.2. The van der Waals surface area contributed by atoms with E-state index in [-0.39, 0.29) is 0 Å². The molecule has 0 atom stereocenters. The number of hydrogen-bond acceptors (Lipinski definition) is 4. The lowest BCUT2D eigenvalue weighted by Gasteiger charge is -2.25. The van der Waals surface area contributed by atoms with Gasteiger partial charge in [-0.05, 0) is 51.9 Å². The van der Waals surface area contributed by atoms with Crippen LogP contribution in [-0.4, -0.2) is 41.8 Å². The van der Waals surface area contributed by atoms with Crippen LogP contribution in [0.3, 0.4) is 0 Å². The van der Waals surface area contributed by atoms with Gasteiger partial charge in [-0.25, -0.2) is 4.57 Å². The van der Waals surface area contributed by atoms with Crippen molar-refractivity contribution in [2.45, 2.75) is 78.2 Å². The van der Waals surface area contributed by atoms with Gasteiger partial charge in [-0.1, -0.05) is 26.7 Å². The van der Waals surface area contributed by atoms with Crippen molar-refractivity contribution in [1.82, 2.24) is 0 Å². The standard InChI is InChI=1S/C17H37O6P/c1-16(2)10-5-7-12-21-14-9-15-22-13-8-6-11-17(3,4)23-24(18,19)20/h16H,5-15H2,1-4H3,(H2,18,19,20). The van der Waals surface area contributed by atoms with Crippen molar-refractivity contribution in [2.75, 3.05) is 26.4 Å². The highest BCUT2D eigenvalue weighted by Crippen LogP contribution is 2.42. The molecule has 0 aromatic carbocycles. The van der Waals surface area contributed by atoms with Gasteiger partial charge >= 0.3 is 7.82 Å². The fourth-order valence-electron chi connectivity index (χ4n) is 2.35. The van der Waals surface area contributed by atoms with Gasteiger partial charge in [0.1, 0.15) is 0 Å². The van der Waals surface area contributed by atoms with E-state index < -0.39 is 13.4 Å². The van der Waals surface area contributed by atoms with E-state index in [9.17, 15) is 4.57 Å². The highest BCUT2D eigenvalue weighted by molar-refractivity contribution is 7.46. The Kier molecular flexibility index (Phi) is 13.3. The molecule has 146 valence electrons. The molecule has 0 unspecified atom stereocenters. The molecule has 0 saturated carbocycles. The third-order valence-electron chi connectivity index (χ3n) is 3.58. The van der Waals surface area contributed by atoms with E-state index in [0.717, 1.165) is 44.8 Å². The van der Waals surface area contributed by atoms with Crippen LogP contribution in [0, 0.1) is 5.92 Å². The van der Waals surface area contributed by atoms with Crippen molar-refractivity contribution in [3.8, 4) is 0 Å². The molecule has 0 aliphatic heterocycles. The summed E-state index contributed by atoms with van der Waals surface area (Å²) in [5, 5.41) is 0. The summed E-state index contributed by atoms with van der Waals surface area (Å²) in [4.78, 5) is 17.6. The fourth-order valence-corrected chi connectivity index (χ4v) is 3.08. The third-order valence-corrected chi connectivity index (χ3v) is 4.31. The second-order valence-corrected chi connectivity index (χ2v) is 8.43. The molecule has 7 heteroatoms. The molecule has 0 rings (SSSR count). The summed E-state index contributed by atoms with van der Waals surface area (Å²) in [7, 11) is -4.42. The Morgan fingerprint density at radius 3 is 1.88 bits per heavy atom. The number of hydrogen-bond donors (Lipinski definition) is 2. The Bertz CT molecular complexity index is 340. The Morgan fingerprint density at radius 1 is 0.875 bits per heavy atom. The van der Waals surface area contributed by atoms with E-state index in [4.69, 9.17) is 23.8 Å². The molecule has 0 aromatic heterocycles. The van der Waals surface area contributed by atoms with Crippen molar-refractivity contribution in [3.05, 3.63) is 0 Å². The van der Waals surface area contributed by atoms with Crippen LogP contribution in [0.5, 0.6) is 0 Å². The first kappa shape index (κ1) is 24.0. The molecule has 0 amide bonds. The summed E-state index contributed by atoms with van der Waals surface area (Å²) in [6.07, 6.45) is 6.77. The zero-order valence-corrected chi connectivity index (χ0v) is 16.7. The van der Waals surface area contributed by atoms with E-state index >= 15 is 0 Å². The average molecular weight is 368 g/mol. The van der Waals surface area contributed by atoms with Gasteiger partial charge in [0.15, 0.2) is 0 Å². The SMILES string of the molecule is CC(C)CCCCOCCCOCCCCC(C)(C)OP(=O)(O)O. The molecule has 0 aliphatic carbocycles. The zero-order chi connectivity index (χ0) is 18.5. The molecule has 2 N–H and O–H groups in total. The van der Waals surface area contributed by atoms with Crippen molar-refractivity contribution in [1.29, 1.82) is 0 Å². The molecule has 24 heavy (non-hydrogen) atoms. The molecule has 0 radical (unpaired) electrons. The summed E-state index contributed by atoms with van der Waals surface area (Å²) in [5.41, 5.74) is -0.817. The largest absolute Gasteiger partial charge is 0.470 e. The minimum absolute atomic E-state index is 0.584. The number of ether oxygens (including phenoxy) is 2. The Labute approximate surface area is 147 Å². The highest BCUT2D eigenvalue weighted by Gasteiger charge is 2.28. The second kappa shape index (κ2) is 13.3. The van der Waals surface area contributed by atoms with Crippen molar-refractivity contribution in [2.24, 2.45) is 5.92 Å². The molecule has 0 bridgehead atoms. The van der Waals surface area contributed by atoms with Gasteiger partial charge in [-0.2, -0.15) is 0 Å². The topological polar surface area (TPSA) is 85.2 Å². The predicted molar refractivity (Wildman–Crippen MR) is 96.0 cm³/mol. The van der Waals surface area contributed by atoms with E-state index in [0.29, 0.717) is 19.6 Å². The maximum Gasteiger partial charge on any atom is 0.470 e. The van der Waals surface area contributed by atoms with Gasteiger partial charge in [-0.15, -0.1) is 0 Å². The summed E-state index contributed by atoms with van der Waals surface area (Å²) in [6.45, 7) is 10.8. The monoisotopic (exact) mass is 368 g/mol. The van der Waals surface area contributed by atoms with E-state index in [2.05, 4.69) is 13.8 Å².